The highest BCUT2D eigenvalue weighted by Crippen LogP contribution is 2.19. The lowest BCUT2D eigenvalue weighted by molar-refractivity contribution is 0.134. The van der Waals surface area contributed by atoms with Crippen LogP contribution in [-0.4, -0.2) is 32.9 Å². The monoisotopic (exact) mass is 255 g/mol. The largest absolute Gasteiger partial charge is 0.489 e. The molecule has 0 aliphatic rings. The maximum atomic E-state index is 13.7. The number of rotatable bonds is 8. The van der Waals surface area contributed by atoms with Gasteiger partial charge in [0.2, 0.25) is 0 Å². The Balaban J connectivity index is 2.52. The fourth-order valence-corrected chi connectivity index (χ4v) is 1.64. The summed E-state index contributed by atoms with van der Waals surface area (Å²) in [7, 11) is 1.65. The molecule has 102 valence electrons. The molecule has 1 aromatic carbocycles. The summed E-state index contributed by atoms with van der Waals surface area (Å²) in [6.45, 7) is 5.66. The van der Waals surface area contributed by atoms with Gasteiger partial charge >= 0.3 is 0 Å². The maximum absolute atomic E-state index is 13.7. The van der Waals surface area contributed by atoms with E-state index < -0.39 is 0 Å². The zero-order valence-electron chi connectivity index (χ0n) is 11.3. The average Bonchev–Trinajstić information content (AvgIpc) is 2.37. The molecule has 0 heterocycles. The molecule has 0 bridgehead atoms. The van der Waals surface area contributed by atoms with Crippen LogP contribution in [0.15, 0.2) is 18.2 Å². The van der Waals surface area contributed by atoms with Crippen molar-refractivity contribution in [3.05, 3.63) is 29.6 Å². The minimum atomic E-state index is -0.288. The van der Waals surface area contributed by atoms with Gasteiger partial charge in [-0.1, -0.05) is 19.1 Å². The van der Waals surface area contributed by atoms with Crippen LogP contribution < -0.4 is 10.1 Å². The summed E-state index contributed by atoms with van der Waals surface area (Å²) in [4.78, 5) is 0. The normalized spacial score (nSPS) is 12.4. The Labute approximate surface area is 108 Å². The van der Waals surface area contributed by atoms with E-state index in [9.17, 15) is 4.39 Å². The van der Waals surface area contributed by atoms with Gasteiger partial charge in [0.1, 0.15) is 6.61 Å². The molecule has 18 heavy (non-hydrogen) atoms. The first kappa shape index (κ1) is 14.9. The van der Waals surface area contributed by atoms with Gasteiger partial charge in [-0.25, -0.2) is 4.39 Å². The number of methoxy groups -OCH3 is 1. The molecule has 4 heteroatoms. The Morgan fingerprint density at radius 3 is 2.78 bits per heavy atom. The highest BCUT2D eigenvalue weighted by molar-refractivity contribution is 5.30. The summed E-state index contributed by atoms with van der Waals surface area (Å²) in [6.07, 6.45) is 1.04. The third-order valence-electron chi connectivity index (χ3n) is 2.65. The molecule has 0 amide bonds. The van der Waals surface area contributed by atoms with Gasteiger partial charge in [-0.3, -0.25) is 0 Å². The van der Waals surface area contributed by atoms with Gasteiger partial charge in [0.15, 0.2) is 11.6 Å². The summed E-state index contributed by atoms with van der Waals surface area (Å²) in [5, 5.41) is 3.30. The van der Waals surface area contributed by atoms with E-state index in [4.69, 9.17) is 9.47 Å². The van der Waals surface area contributed by atoms with Crippen LogP contribution in [0, 0.1) is 12.7 Å². The van der Waals surface area contributed by atoms with Crippen LogP contribution in [0.3, 0.4) is 0 Å². The number of nitrogens with one attached hydrogen (secondary N) is 1. The van der Waals surface area contributed by atoms with Crippen molar-refractivity contribution in [1.82, 2.24) is 5.32 Å². The molecule has 0 saturated carbocycles. The quantitative estimate of drug-likeness (QED) is 0.774. The highest BCUT2D eigenvalue weighted by atomic mass is 19.1. The van der Waals surface area contributed by atoms with Gasteiger partial charge in [-0.05, 0) is 31.5 Å². The van der Waals surface area contributed by atoms with Crippen LogP contribution in [0.25, 0.3) is 0 Å². The fourth-order valence-electron chi connectivity index (χ4n) is 1.64. The van der Waals surface area contributed by atoms with Gasteiger partial charge in [0.25, 0.3) is 0 Å². The maximum Gasteiger partial charge on any atom is 0.167 e. The second-order valence-corrected chi connectivity index (χ2v) is 4.30. The first-order valence-electron chi connectivity index (χ1n) is 6.29. The summed E-state index contributed by atoms with van der Waals surface area (Å²) >= 11 is 0. The van der Waals surface area contributed by atoms with Crippen molar-refractivity contribution in [2.24, 2.45) is 0 Å². The van der Waals surface area contributed by atoms with E-state index >= 15 is 0 Å². The van der Waals surface area contributed by atoms with Crippen molar-refractivity contribution in [2.75, 3.05) is 26.9 Å². The van der Waals surface area contributed by atoms with Gasteiger partial charge in [-0.2, -0.15) is 0 Å². The summed E-state index contributed by atoms with van der Waals surface area (Å²) < 4.78 is 24.3. The SMILES string of the molecule is CCCNC(COC)COc1cccc(C)c1F. The Morgan fingerprint density at radius 1 is 1.33 bits per heavy atom. The number of halogens is 1. The molecule has 0 saturated heterocycles. The Hall–Kier alpha value is -1.13. The predicted octanol–water partition coefficient (Wildman–Crippen LogP) is 2.53. The van der Waals surface area contributed by atoms with Crippen molar-refractivity contribution in [1.29, 1.82) is 0 Å². The average molecular weight is 255 g/mol. The number of hydrogen-bond donors (Lipinski definition) is 1. The lowest BCUT2D eigenvalue weighted by Crippen LogP contribution is -2.38. The molecule has 1 atom stereocenters. The molecule has 0 spiro atoms. The molecule has 1 unspecified atom stereocenters. The third kappa shape index (κ3) is 4.63. The van der Waals surface area contributed by atoms with Crippen molar-refractivity contribution >= 4 is 0 Å². The molecule has 0 fully saturated rings. The van der Waals surface area contributed by atoms with Crippen molar-refractivity contribution < 1.29 is 13.9 Å². The van der Waals surface area contributed by atoms with E-state index in [-0.39, 0.29) is 11.9 Å². The Morgan fingerprint density at radius 2 is 2.11 bits per heavy atom. The second kappa shape index (κ2) is 8.06. The first-order chi connectivity index (χ1) is 8.69. The minimum Gasteiger partial charge on any atom is -0.489 e. The van der Waals surface area contributed by atoms with Gasteiger partial charge in [0.05, 0.1) is 12.6 Å². The first-order valence-corrected chi connectivity index (χ1v) is 6.29. The van der Waals surface area contributed by atoms with E-state index in [0.29, 0.717) is 24.5 Å². The molecule has 1 rings (SSSR count). The number of aryl methyl sites for hydroxylation is 1. The van der Waals surface area contributed by atoms with E-state index in [2.05, 4.69) is 12.2 Å². The van der Waals surface area contributed by atoms with Crippen molar-refractivity contribution in [3.63, 3.8) is 0 Å². The standard InChI is InChI=1S/C14H22FNO2/c1-4-8-16-12(9-17-3)10-18-13-7-5-6-11(2)14(13)15/h5-7,12,16H,4,8-10H2,1-3H3. The van der Waals surface area contributed by atoms with Crippen LogP contribution in [0.5, 0.6) is 5.75 Å². The van der Waals surface area contributed by atoms with E-state index in [1.807, 2.05) is 0 Å². The molecule has 1 aromatic rings. The molecule has 0 aromatic heterocycles. The molecule has 0 radical (unpaired) electrons. The van der Waals surface area contributed by atoms with Gasteiger partial charge < -0.3 is 14.8 Å². The molecule has 0 aliphatic carbocycles. The van der Waals surface area contributed by atoms with Crippen LogP contribution in [-0.2, 0) is 4.74 Å². The molecule has 3 nitrogen and oxygen atoms in total. The van der Waals surface area contributed by atoms with Crippen molar-refractivity contribution in [2.45, 2.75) is 26.3 Å². The minimum absolute atomic E-state index is 0.0786. The lowest BCUT2D eigenvalue weighted by Gasteiger charge is -2.18. The van der Waals surface area contributed by atoms with Crippen LogP contribution in [0.4, 0.5) is 4.39 Å². The smallest absolute Gasteiger partial charge is 0.167 e. The summed E-state index contributed by atoms with van der Waals surface area (Å²) in [5.74, 6) is 0.0126. The lowest BCUT2D eigenvalue weighted by atomic mass is 10.2. The molecular formula is C14H22FNO2. The number of ether oxygens (including phenoxy) is 2. The van der Waals surface area contributed by atoms with E-state index in [0.717, 1.165) is 13.0 Å². The number of hydrogen-bond acceptors (Lipinski definition) is 3. The topological polar surface area (TPSA) is 30.5 Å². The molecular weight excluding hydrogens is 233 g/mol. The van der Waals surface area contributed by atoms with Gasteiger partial charge in [0, 0.05) is 7.11 Å². The zero-order valence-corrected chi connectivity index (χ0v) is 11.3. The highest BCUT2D eigenvalue weighted by Gasteiger charge is 2.11. The molecule has 0 aliphatic heterocycles. The second-order valence-electron chi connectivity index (χ2n) is 4.30. The van der Waals surface area contributed by atoms with Crippen LogP contribution in [0.2, 0.25) is 0 Å². The Bertz CT molecular complexity index is 358. The number of benzene rings is 1. The van der Waals surface area contributed by atoms with Gasteiger partial charge in [-0.15, -0.1) is 0 Å². The fraction of sp³-hybridized carbons (Fsp3) is 0.571. The summed E-state index contributed by atoms with van der Waals surface area (Å²) in [5.41, 5.74) is 0.595. The van der Waals surface area contributed by atoms with E-state index in [1.54, 1.807) is 32.2 Å². The van der Waals surface area contributed by atoms with E-state index in [1.165, 1.54) is 0 Å². The predicted molar refractivity (Wildman–Crippen MR) is 70.6 cm³/mol. The zero-order chi connectivity index (χ0) is 13.4. The van der Waals surface area contributed by atoms with Crippen LogP contribution >= 0.6 is 0 Å². The van der Waals surface area contributed by atoms with Crippen molar-refractivity contribution in [3.8, 4) is 5.75 Å². The third-order valence-corrected chi connectivity index (χ3v) is 2.65. The van der Waals surface area contributed by atoms with Crippen LogP contribution in [0.1, 0.15) is 18.9 Å². The summed E-state index contributed by atoms with van der Waals surface area (Å²) in [6, 6.07) is 5.24. The Kier molecular flexibility index (Phi) is 6.68. The molecule has 1 N–H and O–H groups in total.